The molecule has 1 N–H and O–H groups in total. The molecule has 0 saturated carbocycles. The summed E-state index contributed by atoms with van der Waals surface area (Å²) in [5.41, 5.74) is 3.27. The molecule has 1 fully saturated rings. The number of piperazine rings is 1. The molecule has 5 rings (SSSR count). The molecule has 2 heterocycles. The van der Waals surface area contributed by atoms with Crippen molar-refractivity contribution in [3.63, 3.8) is 0 Å². The van der Waals surface area contributed by atoms with Gasteiger partial charge in [0.2, 0.25) is 5.91 Å². The molecule has 2 aromatic rings. The summed E-state index contributed by atoms with van der Waals surface area (Å²) in [5.74, 6) is 0.166. The molecule has 1 atom stereocenters. The van der Waals surface area contributed by atoms with Crippen molar-refractivity contribution in [1.29, 1.82) is 0 Å². The highest BCUT2D eigenvalue weighted by Gasteiger charge is 2.48. The van der Waals surface area contributed by atoms with E-state index >= 15 is 0 Å². The van der Waals surface area contributed by atoms with Gasteiger partial charge in [0.1, 0.15) is 0 Å². The molecular formula is C26H30F3N3O. The highest BCUT2D eigenvalue weighted by atomic mass is 19.4. The van der Waals surface area contributed by atoms with Crippen LogP contribution in [0.25, 0.3) is 0 Å². The van der Waals surface area contributed by atoms with E-state index in [-0.39, 0.29) is 11.3 Å². The normalized spacial score (nSPS) is 22.9. The minimum Gasteiger partial charge on any atom is -0.369 e. The number of unbranched alkanes of at least 4 members (excludes halogenated alkanes) is 1. The minimum absolute atomic E-state index is 0.166. The monoisotopic (exact) mass is 457 g/mol. The molecule has 1 amide bonds. The number of hydrogen-bond acceptors (Lipinski definition) is 3. The Hall–Kier alpha value is -2.54. The Morgan fingerprint density at radius 1 is 1.00 bits per heavy atom. The van der Waals surface area contributed by atoms with Crippen molar-refractivity contribution in [2.75, 3.05) is 42.9 Å². The van der Waals surface area contributed by atoms with Gasteiger partial charge in [0, 0.05) is 37.6 Å². The zero-order valence-electron chi connectivity index (χ0n) is 18.8. The van der Waals surface area contributed by atoms with Gasteiger partial charge >= 0.3 is 6.18 Å². The summed E-state index contributed by atoms with van der Waals surface area (Å²) in [6, 6.07) is 11.8. The van der Waals surface area contributed by atoms with Gasteiger partial charge in [-0.15, -0.1) is 0 Å². The van der Waals surface area contributed by atoms with Crippen molar-refractivity contribution >= 4 is 17.3 Å². The van der Waals surface area contributed by atoms with Crippen LogP contribution in [0.2, 0.25) is 0 Å². The number of aryl methyl sites for hydroxylation is 1. The highest BCUT2D eigenvalue weighted by Crippen LogP contribution is 2.49. The second-order valence-electron chi connectivity index (χ2n) is 9.56. The molecule has 33 heavy (non-hydrogen) atoms. The molecule has 0 spiro atoms. The molecule has 3 aliphatic rings. The van der Waals surface area contributed by atoms with Gasteiger partial charge < -0.3 is 10.2 Å². The van der Waals surface area contributed by atoms with E-state index in [1.54, 1.807) is 6.07 Å². The first-order chi connectivity index (χ1) is 15.9. The molecule has 2 aliphatic heterocycles. The third-order valence-electron chi connectivity index (χ3n) is 7.60. The SMILES string of the molecule is O=C1Nc2cccc3c2C1(CCCCN1CCN(c2cccc(C(F)(F)F)c2)CC1)CCC3. The molecule has 7 heteroatoms. The predicted molar refractivity (Wildman–Crippen MR) is 124 cm³/mol. The minimum atomic E-state index is -4.31. The molecule has 1 aliphatic carbocycles. The Balaban J connectivity index is 1.13. The number of nitrogens with one attached hydrogen (secondary N) is 1. The van der Waals surface area contributed by atoms with Crippen LogP contribution in [0.15, 0.2) is 42.5 Å². The van der Waals surface area contributed by atoms with E-state index in [1.165, 1.54) is 23.3 Å². The van der Waals surface area contributed by atoms with E-state index in [4.69, 9.17) is 0 Å². The van der Waals surface area contributed by atoms with E-state index in [0.29, 0.717) is 5.69 Å². The quantitative estimate of drug-likeness (QED) is 0.604. The zero-order valence-corrected chi connectivity index (χ0v) is 18.8. The van der Waals surface area contributed by atoms with Gasteiger partial charge in [-0.3, -0.25) is 9.69 Å². The largest absolute Gasteiger partial charge is 0.416 e. The fraction of sp³-hybridized carbons (Fsp3) is 0.500. The van der Waals surface area contributed by atoms with Crippen LogP contribution in [0.3, 0.4) is 0 Å². The summed E-state index contributed by atoms with van der Waals surface area (Å²) in [6.07, 6.45) is 1.63. The third kappa shape index (κ3) is 4.23. The summed E-state index contributed by atoms with van der Waals surface area (Å²) < 4.78 is 39.0. The standard InChI is InChI=1S/C26H30F3N3O/c27-26(28,29)20-8-4-9-21(18-20)32-16-14-31(15-17-32)13-2-1-11-25-12-5-7-19-6-3-10-22(23(19)25)30-24(25)33/h3-4,6,8-10,18H,1-2,5,7,11-17H2,(H,30,33). The van der Waals surface area contributed by atoms with Gasteiger partial charge in [-0.25, -0.2) is 0 Å². The van der Waals surface area contributed by atoms with Crippen LogP contribution < -0.4 is 10.2 Å². The van der Waals surface area contributed by atoms with Crippen molar-refractivity contribution < 1.29 is 18.0 Å². The van der Waals surface area contributed by atoms with Gasteiger partial charge in [0.05, 0.1) is 11.0 Å². The summed E-state index contributed by atoms with van der Waals surface area (Å²) in [4.78, 5) is 17.3. The number of carbonyl (C=O) groups excluding carboxylic acids is 1. The maximum atomic E-state index is 13.0. The first-order valence-electron chi connectivity index (χ1n) is 12.0. The first-order valence-corrected chi connectivity index (χ1v) is 12.0. The van der Waals surface area contributed by atoms with Crippen LogP contribution in [0.5, 0.6) is 0 Å². The zero-order chi connectivity index (χ0) is 23.1. The van der Waals surface area contributed by atoms with Gasteiger partial charge in [0.25, 0.3) is 0 Å². The van der Waals surface area contributed by atoms with E-state index in [0.717, 1.165) is 83.0 Å². The lowest BCUT2D eigenvalue weighted by Gasteiger charge is -2.37. The van der Waals surface area contributed by atoms with Crippen molar-refractivity contribution in [1.82, 2.24) is 4.90 Å². The van der Waals surface area contributed by atoms with Gasteiger partial charge in [-0.1, -0.05) is 24.6 Å². The maximum Gasteiger partial charge on any atom is 0.416 e. The summed E-state index contributed by atoms with van der Waals surface area (Å²) in [5, 5.41) is 3.12. The molecule has 1 unspecified atom stereocenters. The van der Waals surface area contributed by atoms with Gasteiger partial charge in [0.15, 0.2) is 0 Å². The Morgan fingerprint density at radius 2 is 1.79 bits per heavy atom. The number of rotatable bonds is 6. The summed E-state index contributed by atoms with van der Waals surface area (Å²) in [7, 11) is 0. The number of anilines is 2. The van der Waals surface area contributed by atoms with Crippen molar-refractivity contribution in [3.05, 3.63) is 59.2 Å². The molecule has 0 aromatic heterocycles. The van der Waals surface area contributed by atoms with Crippen molar-refractivity contribution in [2.24, 2.45) is 0 Å². The topological polar surface area (TPSA) is 35.6 Å². The fourth-order valence-electron chi connectivity index (χ4n) is 5.89. The number of nitrogens with zero attached hydrogens (tertiary/aromatic N) is 2. The number of hydrogen-bond donors (Lipinski definition) is 1. The van der Waals surface area contributed by atoms with Gasteiger partial charge in [-0.2, -0.15) is 13.2 Å². The molecule has 0 bridgehead atoms. The number of amides is 1. The number of benzene rings is 2. The smallest absolute Gasteiger partial charge is 0.369 e. The molecule has 1 saturated heterocycles. The van der Waals surface area contributed by atoms with Crippen LogP contribution in [-0.2, 0) is 22.8 Å². The van der Waals surface area contributed by atoms with Gasteiger partial charge in [-0.05, 0) is 74.0 Å². The van der Waals surface area contributed by atoms with Crippen LogP contribution in [-0.4, -0.2) is 43.5 Å². The molecule has 0 radical (unpaired) electrons. The predicted octanol–water partition coefficient (Wildman–Crippen LogP) is 5.22. The lowest BCUT2D eigenvalue weighted by molar-refractivity contribution is -0.137. The Labute approximate surface area is 192 Å². The van der Waals surface area contributed by atoms with Crippen molar-refractivity contribution in [2.45, 2.75) is 50.1 Å². The molecular weight excluding hydrogens is 427 g/mol. The molecule has 4 nitrogen and oxygen atoms in total. The van der Waals surface area contributed by atoms with E-state index < -0.39 is 11.7 Å². The Bertz CT molecular complexity index is 1030. The number of carbonyl (C=O) groups is 1. The fourth-order valence-corrected chi connectivity index (χ4v) is 5.89. The Morgan fingerprint density at radius 3 is 2.58 bits per heavy atom. The maximum absolute atomic E-state index is 13.0. The lowest BCUT2D eigenvalue weighted by Crippen LogP contribution is -2.46. The first kappa shape index (κ1) is 22.3. The van der Waals surface area contributed by atoms with Crippen LogP contribution in [0, 0.1) is 0 Å². The van der Waals surface area contributed by atoms with E-state index in [2.05, 4.69) is 16.3 Å². The Kier molecular flexibility index (Phi) is 5.85. The third-order valence-corrected chi connectivity index (χ3v) is 7.60. The van der Waals surface area contributed by atoms with Crippen LogP contribution >= 0.6 is 0 Å². The van der Waals surface area contributed by atoms with Crippen molar-refractivity contribution in [3.8, 4) is 0 Å². The summed E-state index contributed by atoms with van der Waals surface area (Å²) >= 11 is 0. The number of halogens is 3. The van der Waals surface area contributed by atoms with Crippen LogP contribution in [0.4, 0.5) is 24.5 Å². The average molecular weight is 458 g/mol. The average Bonchev–Trinajstić information content (AvgIpc) is 3.10. The second kappa shape index (κ2) is 8.67. The lowest BCUT2D eigenvalue weighted by atomic mass is 9.68. The molecule has 176 valence electrons. The number of alkyl halides is 3. The van der Waals surface area contributed by atoms with E-state index in [1.807, 2.05) is 17.0 Å². The van der Waals surface area contributed by atoms with E-state index in [9.17, 15) is 18.0 Å². The second-order valence-corrected chi connectivity index (χ2v) is 9.56. The van der Waals surface area contributed by atoms with Crippen LogP contribution in [0.1, 0.15) is 48.8 Å². The summed E-state index contributed by atoms with van der Waals surface area (Å²) in [6.45, 7) is 4.10. The molecule has 2 aromatic carbocycles. The highest BCUT2D eigenvalue weighted by molar-refractivity contribution is 6.07.